The molecule has 0 N–H and O–H groups in total. The van der Waals surface area contributed by atoms with Crippen molar-refractivity contribution in [3.63, 3.8) is 0 Å². The molecule has 0 bridgehead atoms. The maximum absolute atomic E-state index is 11.4. The molecular formula is C11H24N2O2S. The summed E-state index contributed by atoms with van der Waals surface area (Å²) in [4.78, 5) is 2.37. The van der Waals surface area contributed by atoms with Crippen LogP contribution in [0.5, 0.6) is 0 Å². The molecule has 1 saturated heterocycles. The van der Waals surface area contributed by atoms with Gasteiger partial charge >= 0.3 is 0 Å². The van der Waals surface area contributed by atoms with E-state index in [1.54, 1.807) is 4.31 Å². The number of nitrogens with zero attached hydrogens (tertiary/aromatic N) is 2. The number of hydrogen-bond donors (Lipinski definition) is 0. The lowest BCUT2D eigenvalue weighted by Crippen LogP contribution is -2.37. The minimum Gasteiger partial charge on any atom is -0.301 e. The van der Waals surface area contributed by atoms with Gasteiger partial charge in [0.1, 0.15) is 0 Å². The predicted octanol–water partition coefficient (Wildman–Crippen LogP) is 1.000. The Balaban J connectivity index is 2.53. The Morgan fingerprint density at radius 1 is 1.06 bits per heavy atom. The molecular weight excluding hydrogens is 224 g/mol. The molecule has 1 aliphatic rings. The van der Waals surface area contributed by atoms with Gasteiger partial charge in [0.05, 0.1) is 6.26 Å². The van der Waals surface area contributed by atoms with Crippen LogP contribution in [0, 0.1) is 5.41 Å². The molecule has 1 rings (SSSR count). The highest BCUT2D eigenvalue weighted by molar-refractivity contribution is 7.88. The van der Waals surface area contributed by atoms with Gasteiger partial charge in [0.15, 0.2) is 0 Å². The highest BCUT2D eigenvalue weighted by Gasteiger charge is 2.23. The second-order valence-electron chi connectivity index (χ2n) is 5.85. The fraction of sp³-hybridized carbons (Fsp3) is 1.00. The maximum Gasteiger partial charge on any atom is 0.211 e. The molecule has 16 heavy (non-hydrogen) atoms. The first-order chi connectivity index (χ1) is 7.18. The van der Waals surface area contributed by atoms with Crippen LogP contribution >= 0.6 is 0 Å². The Kier molecular flexibility index (Phi) is 4.37. The molecule has 1 heterocycles. The molecule has 0 aromatic carbocycles. The zero-order valence-electron chi connectivity index (χ0n) is 10.9. The molecule has 0 aliphatic carbocycles. The lowest BCUT2D eigenvalue weighted by molar-refractivity contribution is 0.199. The van der Waals surface area contributed by atoms with Crippen molar-refractivity contribution in [3.05, 3.63) is 0 Å². The number of rotatable bonds is 2. The Morgan fingerprint density at radius 3 is 2.19 bits per heavy atom. The van der Waals surface area contributed by atoms with Gasteiger partial charge in [-0.05, 0) is 18.4 Å². The highest BCUT2D eigenvalue weighted by Crippen LogP contribution is 2.17. The first kappa shape index (κ1) is 13.9. The van der Waals surface area contributed by atoms with Crippen molar-refractivity contribution in [2.45, 2.75) is 27.2 Å². The van der Waals surface area contributed by atoms with Gasteiger partial charge in [-0.3, -0.25) is 0 Å². The third kappa shape index (κ3) is 4.80. The molecule has 0 aromatic heterocycles. The summed E-state index contributed by atoms with van der Waals surface area (Å²) in [6.07, 6.45) is 2.23. The van der Waals surface area contributed by atoms with Crippen LogP contribution < -0.4 is 0 Å². The molecule has 0 saturated carbocycles. The first-order valence-electron chi connectivity index (χ1n) is 5.86. The van der Waals surface area contributed by atoms with Gasteiger partial charge in [-0.1, -0.05) is 20.8 Å². The summed E-state index contributed by atoms with van der Waals surface area (Å²) in [7, 11) is -3.01. The fourth-order valence-electron chi connectivity index (χ4n) is 2.11. The third-order valence-corrected chi connectivity index (χ3v) is 4.02. The third-order valence-electron chi connectivity index (χ3n) is 2.71. The average Bonchev–Trinajstić information content (AvgIpc) is 2.25. The van der Waals surface area contributed by atoms with Crippen LogP contribution in [-0.4, -0.2) is 56.6 Å². The predicted molar refractivity (Wildman–Crippen MR) is 66.9 cm³/mol. The molecule has 4 nitrogen and oxygen atoms in total. The quantitative estimate of drug-likeness (QED) is 0.732. The normalized spacial score (nSPS) is 22.0. The first-order valence-corrected chi connectivity index (χ1v) is 7.71. The molecule has 0 amide bonds. The number of hydrogen-bond acceptors (Lipinski definition) is 3. The van der Waals surface area contributed by atoms with Gasteiger partial charge in [-0.15, -0.1) is 0 Å². The van der Waals surface area contributed by atoms with Crippen molar-refractivity contribution in [2.75, 3.05) is 39.0 Å². The van der Waals surface area contributed by atoms with E-state index in [1.807, 2.05) is 0 Å². The standard InChI is InChI=1S/C11H24N2O2S/c1-11(2,3)10-12-6-5-7-13(9-8-12)16(4,14)15/h5-10H2,1-4H3. The summed E-state index contributed by atoms with van der Waals surface area (Å²) in [6, 6.07) is 0. The van der Waals surface area contributed by atoms with Crippen molar-refractivity contribution in [1.82, 2.24) is 9.21 Å². The van der Waals surface area contributed by atoms with Crippen molar-refractivity contribution >= 4 is 10.0 Å². The van der Waals surface area contributed by atoms with Crippen molar-refractivity contribution in [2.24, 2.45) is 5.41 Å². The molecule has 0 aromatic rings. The maximum atomic E-state index is 11.4. The van der Waals surface area contributed by atoms with Crippen LogP contribution in [0.4, 0.5) is 0 Å². The Morgan fingerprint density at radius 2 is 1.69 bits per heavy atom. The van der Waals surface area contributed by atoms with Crippen molar-refractivity contribution in [3.8, 4) is 0 Å². The van der Waals surface area contributed by atoms with Gasteiger partial charge < -0.3 is 4.90 Å². The van der Waals surface area contributed by atoms with Gasteiger partial charge in [-0.2, -0.15) is 0 Å². The Bertz CT molecular complexity index is 319. The summed E-state index contributed by atoms with van der Waals surface area (Å²) in [5.74, 6) is 0. The summed E-state index contributed by atoms with van der Waals surface area (Å²) < 4.78 is 24.5. The summed E-state index contributed by atoms with van der Waals surface area (Å²) in [5.41, 5.74) is 0.278. The fourth-order valence-corrected chi connectivity index (χ4v) is 2.98. The van der Waals surface area contributed by atoms with Crippen LogP contribution in [0.2, 0.25) is 0 Å². The molecule has 5 heteroatoms. The lowest BCUT2D eigenvalue weighted by atomic mass is 9.96. The van der Waals surface area contributed by atoms with Crippen LogP contribution in [0.3, 0.4) is 0 Å². The molecule has 0 spiro atoms. The van der Waals surface area contributed by atoms with Gasteiger partial charge in [-0.25, -0.2) is 12.7 Å². The second kappa shape index (κ2) is 5.02. The SMILES string of the molecule is CC(C)(C)CN1CCCN(S(C)(=O)=O)CC1. The molecule has 0 unspecified atom stereocenters. The summed E-state index contributed by atoms with van der Waals surface area (Å²) in [6.45, 7) is 10.8. The largest absolute Gasteiger partial charge is 0.301 e. The van der Waals surface area contributed by atoms with E-state index in [1.165, 1.54) is 6.26 Å². The average molecular weight is 248 g/mol. The van der Waals surface area contributed by atoms with Gasteiger partial charge in [0.2, 0.25) is 10.0 Å². The van der Waals surface area contributed by atoms with Crippen molar-refractivity contribution in [1.29, 1.82) is 0 Å². The number of sulfonamides is 1. The van der Waals surface area contributed by atoms with Crippen LogP contribution in [0.1, 0.15) is 27.2 Å². The van der Waals surface area contributed by atoms with Crippen LogP contribution in [0.25, 0.3) is 0 Å². The van der Waals surface area contributed by atoms with E-state index >= 15 is 0 Å². The monoisotopic (exact) mass is 248 g/mol. The van der Waals surface area contributed by atoms with E-state index in [-0.39, 0.29) is 5.41 Å². The molecule has 96 valence electrons. The molecule has 0 atom stereocenters. The van der Waals surface area contributed by atoms with E-state index < -0.39 is 10.0 Å². The second-order valence-corrected chi connectivity index (χ2v) is 7.83. The molecule has 1 fully saturated rings. The van der Waals surface area contributed by atoms with Crippen molar-refractivity contribution < 1.29 is 8.42 Å². The van der Waals surface area contributed by atoms with E-state index in [9.17, 15) is 8.42 Å². The lowest BCUT2D eigenvalue weighted by Gasteiger charge is -2.28. The Labute approximate surface area is 99.7 Å². The molecule has 0 radical (unpaired) electrons. The summed E-state index contributed by atoms with van der Waals surface area (Å²) in [5, 5.41) is 0. The summed E-state index contributed by atoms with van der Waals surface area (Å²) >= 11 is 0. The van der Waals surface area contributed by atoms with Gasteiger partial charge in [0, 0.05) is 26.2 Å². The smallest absolute Gasteiger partial charge is 0.211 e. The molecule has 1 aliphatic heterocycles. The topological polar surface area (TPSA) is 40.6 Å². The van der Waals surface area contributed by atoms with E-state index in [0.717, 1.165) is 26.1 Å². The van der Waals surface area contributed by atoms with Crippen LogP contribution in [-0.2, 0) is 10.0 Å². The zero-order chi connectivity index (χ0) is 12.4. The van der Waals surface area contributed by atoms with E-state index in [4.69, 9.17) is 0 Å². The van der Waals surface area contributed by atoms with Crippen LogP contribution in [0.15, 0.2) is 0 Å². The van der Waals surface area contributed by atoms with E-state index in [2.05, 4.69) is 25.7 Å². The Hall–Kier alpha value is -0.130. The highest BCUT2D eigenvalue weighted by atomic mass is 32.2. The minimum absolute atomic E-state index is 0.278. The zero-order valence-corrected chi connectivity index (χ0v) is 11.7. The van der Waals surface area contributed by atoms with E-state index in [0.29, 0.717) is 13.1 Å². The minimum atomic E-state index is -3.01. The van der Waals surface area contributed by atoms with Gasteiger partial charge in [0.25, 0.3) is 0 Å².